The summed E-state index contributed by atoms with van der Waals surface area (Å²) in [5.74, 6) is -0.0633. The predicted molar refractivity (Wildman–Crippen MR) is 72.3 cm³/mol. The van der Waals surface area contributed by atoms with Gasteiger partial charge in [-0.2, -0.15) is 0 Å². The average molecular weight is 254 g/mol. The summed E-state index contributed by atoms with van der Waals surface area (Å²) in [5.41, 5.74) is 3.57. The van der Waals surface area contributed by atoms with Crippen LogP contribution >= 0.6 is 0 Å². The molecule has 0 saturated carbocycles. The van der Waals surface area contributed by atoms with Gasteiger partial charge in [-0.1, -0.05) is 24.3 Å². The molecule has 0 atom stereocenters. The number of allylic oxidation sites excluding steroid dienone is 2. The van der Waals surface area contributed by atoms with Gasteiger partial charge in [-0.25, -0.2) is 0 Å². The normalized spacial score (nSPS) is 17.9. The van der Waals surface area contributed by atoms with E-state index in [1.54, 1.807) is 11.8 Å². The molecule has 4 nitrogen and oxygen atoms in total. The second kappa shape index (κ2) is 4.16. The first kappa shape index (κ1) is 11.8. The molecule has 2 aliphatic rings. The second-order valence-corrected chi connectivity index (χ2v) is 4.75. The molecule has 19 heavy (non-hydrogen) atoms. The van der Waals surface area contributed by atoms with Gasteiger partial charge in [0.05, 0.1) is 18.0 Å². The van der Waals surface area contributed by atoms with Crippen molar-refractivity contribution in [3.8, 4) is 0 Å². The summed E-state index contributed by atoms with van der Waals surface area (Å²) in [6, 6.07) is 7.44. The monoisotopic (exact) mass is 254 g/mol. The molecule has 0 N–H and O–H groups in total. The van der Waals surface area contributed by atoms with E-state index in [-0.39, 0.29) is 11.7 Å². The van der Waals surface area contributed by atoms with Crippen LogP contribution in [0.4, 0.5) is 0 Å². The molecule has 1 amide bonds. The molecule has 4 heteroatoms. The Hall–Kier alpha value is -2.23. The fourth-order valence-corrected chi connectivity index (χ4v) is 2.68. The van der Waals surface area contributed by atoms with Gasteiger partial charge in [0.25, 0.3) is 0 Å². The Morgan fingerprint density at radius 1 is 1.26 bits per heavy atom. The van der Waals surface area contributed by atoms with Gasteiger partial charge in [-0.05, 0) is 6.92 Å². The molecule has 0 radical (unpaired) electrons. The molecule has 1 aromatic carbocycles. The number of hydrogen-bond donors (Lipinski definition) is 0. The molecule has 0 bridgehead atoms. The maximum atomic E-state index is 12.4. The van der Waals surface area contributed by atoms with Crippen LogP contribution in [0.25, 0.3) is 0 Å². The summed E-state index contributed by atoms with van der Waals surface area (Å²) in [5, 5.41) is 0. The SMILES string of the molecule is CC(=O)N1CCN=C2C1=C(C)C(=O)c1ccccc12. The summed E-state index contributed by atoms with van der Waals surface area (Å²) >= 11 is 0. The minimum atomic E-state index is -0.0473. The van der Waals surface area contributed by atoms with Gasteiger partial charge in [0.15, 0.2) is 5.78 Å². The highest BCUT2D eigenvalue weighted by molar-refractivity contribution is 6.29. The second-order valence-electron chi connectivity index (χ2n) is 4.75. The van der Waals surface area contributed by atoms with E-state index in [0.29, 0.717) is 29.9 Å². The van der Waals surface area contributed by atoms with Crippen LogP contribution in [0.5, 0.6) is 0 Å². The minimum Gasteiger partial charge on any atom is -0.308 e. The van der Waals surface area contributed by atoms with Gasteiger partial charge >= 0.3 is 0 Å². The van der Waals surface area contributed by atoms with Crippen molar-refractivity contribution in [1.82, 2.24) is 4.90 Å². The lowest BCUT2D eigenvalue weighted by Crippen LogP contribution is -2.41. The standard InChI is InChI=1S/C15H14N2O2/c1-9-14-13(16-7-8-17(14)10(2)18)11-5-3-4-6-12(11)15(9)19/h3-6H,7-8H2,1-2H3. The number of benzene rings is 1. The van der Waals surface area contributed by atoms with Crippen molar-refractivity contribution in [1.29, 1.82) is 0 Å². The van der Waals surface area contributed by atoms with E-state index >= 15 is 0 Å². The number of fused-ring (bicyclic) bond motifs is 3. The maximum absolute atomic E-state index is 12.4. The first-order valence-electron chi connectivity index (χ1n) is 6.29. The number of carbonyl (C=O) groups excluding carboxylic acids is 2. The molecule has 3 rings (SSSR count). The summed E-state index contributed by atoms with van der Waals surface area (Å²) in [6.07, 6.45) is 0. The number of amides is 1. The molecule has 1 heterocycles. The molecule has 1 aromatic rings. The van der Waals surface area contributed by atoms with Crippen LogP contribution in [0.1, 0.15) is 29.8 Å². The zero-order valence-corrected chi connectivity index (χ0v) is 10.9. The highest BCUT2D eigenvalue weighted by atomic mass is 16.2. The first-order chi connectivity index (χ1) is 9.11. The smallest absolute Gasteiger partial charge is 0.223 e. The summed E-state index contributed by atoms with van der Waals surface area (Å²) in [6.45, 7) is 4.41. The third-order valence-electron chi connectivity index (χ3n) is 3.59. The Kier molecular flexibility index (Phi) is 2.59. The molecule has 0 fully saturated rings. The van der Waals surface area contributed by atoms with Crippen molar-refractivity contribution in [2.45, 2.75) is 13.8 Å². The number of rotatable bonds is 0. The number of hydrogen-bond acceptors (Lipinski definition) is 3. The topological polar surface area (TPSA) is 49.7 Å². The summed E-state index contributed by atoms with van der Waals surface area (Å²) < 4.78 is 0. The molecule has 0 unspecified atom stereocenters. The average Bonchev–Trinajstić information content (AvgIpc) is 2.44. The molecule has 1 aliphatic carbocycles. The summed E-state index contributed by atoms with van der Waals surface area (Å²) in [4.78, 5) is 30.3. The van der Waals surface area contributed by atoms with Crippen LogP contribution < -0.4 is 0 Å². The van der Waals surface area contributed by atoms with Crippen molar-refractivity contribution < 1.29 is 9.59 Å². The van der Waals surface area contributed by atoms with E-state index in [9.17, 15) is 9.59 Å². The molecular formula is C15H14N2O2. The van der Waals surface area contributed by atoms with Crippen molar-refractivity contribution in [3.63, 3.8) is 0 Å². The van der Waals surface area contributed by atoms with Crippen molar-refractivity contribution in [2.24, 2.45) is 4.99 Å². The quantitative estimate of drug-likeness (QED) is 0.709. The van der Waals surface area contributed by atoms with E-state index in [2.05, 4.69) is 4.99 Å². The lowest BCUT2D eigenvalue weighted by molar-refractivity contribution is -0.126. The fraction of sp³-hybridized carbons (Fsp3) is 0.267. The fourth-order valence-electron chi connectivity index (χ4n) is 2.68. The van der Waals surface area contributed by atoms with E-state index in [0.717, 1.165) is 11.3 Å². The zero-order valence-electron chi connectivity index (χ0n) is 10.9. The molecule has 0 saturated heterocycles. The molecule has 0 aromatic heterocycles. The van der Waals surface area contributed by atoms with E-state index < -0.39 is 0 Å². The Morgan fingerprint density at radius 2 is 1.95 bits per heavy atom. The van der Waals surface area contributed by atoms with Gasteiger partial charge in [0.2, 0.25) is 5.91 Å². The lowest BCUT2D eigenvalue weighted by Gasteiger charge is -2.33. The van der Waals surface area contributed by atoms with Gasteiger partial charge in [-0.15, -0.1) is 0 Å². The van der Waals surface area contributed by atoms with Crippen molar-refractivity contribution in [2.75, 3.05) is 13.1 Å². The largest absolute Gasteiger partial charge is 0.308 e. The number of carbonyl (C=O) groups is 2. The molecule has 1 aliphatic heterocycles. The third kappa shape index (κ3) is 1.63. The van der Waals surface area contributed by atoms with Crippen LogP contribution in [0.3, 0.4) is 0 Å². The van der Waals surface area contributed by atoms with Crippen molar-refractivity contribution >= 4 is 17.4 Å². The van der Waals surface area contributed by atoms with Crippen LogP contribution in [0.2, 0.25) is 0 Å². The van der Waals surface area contributed by atoms with Crippen molar-refractivity contribution in [3.05, 3.63) is 46.7 Å². The molecule has 96 valence electrons. The van der Waals surface area contributed by atoms with Gasteiger partial charge in [0, 0.05) is 30.2 Å². The number of nitrogens with zero attached hydrogens (tertiary/aromatic N) is 2. The Bertz CT molecular complexity index is 656. The molecular weight excluding hydrogens is 240 g/mol. The van der Waals surface area contributed by atoms with Crippen LogP contribution in [0, 0.1) is 0 Å². The van der Waals surface area contributed by atoms with E-state index in [1.165, 1.54) is 6.92 Å². The Labute approximate surface area is 111 Å². The minimum absolute atomic E-state index is 0.0160. The molecule has 0 spiro atoms. The number of Topliss-reactive ketones (excluding diaryl/α,β-unsaturated/α-hetero) is 1. The van der Waals surface area contributed by atoms with Gasteiger partial charge in [-0.3, -0.25) is 14.6 Å². The van der Waals surface area contributed by atoms with Gasteiger partial charge < -0.3 is 4.90 Å². The highest BCUT2D eigenvalue weighted by Crippen LogP contribution is 2.30. The third-order valence-corrected chi connectivity index (χ3v) is 3.59. The first-order valence-corrected chi connectivity index (χ1v) is 6.29. The number of aliphatic imine (C=N–C) groups is 1. The Morgan fingerprint density at radius 3 is 2.63 bits per heavy atom. The number of ketones is 1. The highest BCUT2D eigenvalue weighted by Gasteiger charge is 2.34. The van der Waals surface area contributed by atoms with E-state index in [4.69, 9.17) is 0 Å². The zero-order chi connectivity index (χ0) is 13.6. The van der Waals surface area contributed by atoms with E-state index in [1.807, 2.05) is 24.3 Å². The van der Waals surface area contributed by atoms with Crippen LogP contribution in [-0.2, 0) is 4.79 Å². The maximum Gasteiger partial charge on any atom is 0.223 e. The van der Waals surface area contributed by atoms with Crippen LogP contribution in [-0.4, -0.2) is 35.4 Å². The Balaban J connectivity index is 2.27. The predicted octanol–water partition coefficient (Wildman–Crippen LogP) is 1.81. The summed E-state index contributed by atoms with van der Waals surface area (Å²) in [7, 11) is 0. The van der Waals surface area contributed by atoms with Gasteiger partial charge in [0.1, 0.15) is 0 Å². The van der Waals surface area contributed by atoms with Crippen LogP contribution in [0.15, 0.2) is 40.5 Å². The lowest BCUT2D eigenvalue weighted by atomic mass is 9.86.